The first-order valence-corrected chi connectivity index (χ1v) is 9.26. The zero-order valence-electron chi connectivity index (χ0n) is 16.6. The van der Waals surface area contributed by atoms with Gasteiger partial charge in [-0.1, -0.05) is 48.0 Å². The summed E-state index contributed by atoms with van der Waals surface area (Å²) in [5.41, 5.74) is 2.18. The van der Waals surface area contributed by atoms with E-state index in [1.54, 1.807) is 31.3 Å². The lowest BCUT2D eigenvalue weighted by Gasteiger charge is -2.19. The van der Waals surface area contributed by atoms with E-state index in [-0.39, 0.29) is 24.3 Å². The highest BCUT2D eigenvalue weighted by atomic mass is 16.5. The number of rotatable bonds is 6. The zero-order valence-corrected chi connectivity index (χ0v) is 16.6. The summed E-state index contributed by atoms with van der Waals surface area (Å²) in [5, 5.41) is 8.31. The van der Waals surface area contributed by atoms with Gasteiger partial charge >= 0.3 is 5.97 Å². The molecule has 0 aliphatic carbocycles. The number of nitrogens with zero attached hydrogens (tertiary/aromatic N) is 2. The van der Waals surface area contributed by atoms with Gasteiger partial charge in [-0.05, 0) is 18.6 Å². The maximum atomic E-state index is 12.8. The smallest absolute Gasteiger partial charge is 0.307 e. The SMILES string of the molecule is COC(=O)CC(NC(=O)Cc1nn(C)c(=O)c2ccccc12)c1ccc(C)cc1. The van der Waals surface area contributed by atoms with Crippen LogP contribution in [0.1, 0.15) is 29.3 Å². The second-order valence-electron chi connectivity index (χ2n) is 6.91. The Balaban J connectivity index is 1.86. The Hall–Kier alpha value is -3.48. The van der Waals surface area contributed by atoms with Crippen molar-refractivity contribution in [1.82, 2.24) is 15.1 Å². The third kappa shape index (κ3) is 4.68. The molecule has 0 aliphatic rings. The second-order valence-corrected chi connectivity index (χ2v) is 6.91. The maximum absolute atomic E-state index is 12.8. The number of nitrogens with one attached hydrogen (secondary N) is 1. The third-order valence-electron chi connectivity index (χ3n) is 4.77. The van der Waals surface area contributed by atoms with Gasteiger partial charge in [-0.2, -0.15) is 5.10 Å². The van der Waals surface area contributed by atoms with Gasteiger partial charge < -0.3 is 10.1 Å². The molecule has 0 saturated heterocycles. The number of aromatic nitrogens is 2. The van der Waals surface area contributed by atoms with Crippen LogP contribution in [0.5, 0.6) is 0 Å². The minimum Gasteiger partial charge on any atom is -0.469 e. The average molecular weight is 393 g/mol. The number of benzene rings is 2. The molecule has 3 rings (SSSR count). The van der Waals surface area contributed by atoms with Gasteiger partial charge in [-0.25, -0.2) is 4.68 Å². The van der Waals surface area contributed by atoms with Crippen LogP contribution in [0.25, 0.3) is 10.8 Å². The first-order valence-electron chi connectivity index (χ1n) is 9.26. The average Bonchev–Trinajstić information content (AvgIpc) is 2.71. The molecular formula is C22H23N3O4. The fraction of sp³-hybridized carbons (Fsp3) is 0.273. The molecule has 1 aromatic heterocycles. The number of ether oxygens (including phenoxy) is 1. The van der Waals surface area contributed by atoms with Gasteiger partial charge in [0, 0.05) is 12.4 Å². The molecule has 0 fully saturated rings. The van der Waals surface area contributed by atoms with Gasteiger partial charge in [-0.3, -0.25) is 14.4 Å². The molecule has 0 bridgehead atoms. The van der Waals surface area contributed by atoms with Crippen LogP contribution in [0.15, 0.2) is 53.3 Å². The second kappa shape index (κ2) is 8.68. The Bertz CT molecular complexity index is 1100. The molecule has 7 nitrogen and oxygen atoms in total. The lowest BCUT2D eigenvalue weighted by Crippen LogP contribution is -2.32. The normalized spacial score (nSPS) is 11.8. The van der Waals surface area contributed by atoms with Gasteiger partial charge in [0.25, 0.3) is 5.56 Å². The Morgan fingerprint density at radius 3 is 2.41 bits per heavy atom. The van der Waals surface area contributed by atoms with E-state index in [9.17, 15) is 14.4 Å². The van der Waals surface area contributed by atoms with E-state index in [0.29, 0.717) is 16.5 Å². The molecule has 1 unspecified atom stereocenters. The van der Waals surface area contributed by atoms with E-state index in [0.717, 1.165) is 11.1 Å². The highest BCUT2D eigenvalue weighted by Crippen LogP contribution is 2.19. The van der Waals surface area contributed by atoms with Crippen molar-refractivity contribution in [2.45, 2.75) is 25.8 Å². The van der Waals surface area contributed by atoms with E-state index < -0.39 is 12.0 Å². The van der Waals surface area contributed by atoms with E-state index in [1.165, 1.54) is 11.8 Å². The summed E-state index contributed by atoms with van der Waals surface area (Å²) in [7, 11) is 2.87. The van der Waals surface area contributed by atoms with E-state index in [2.05, 4.69) is 10.4 Å². The number of methoxy groups -OCH3 is 1. The topological polar surface area (TPSA) is 90.3 Å². The highest BCUT2D eigenvalue weighted by Gasteiger charge is 2.20. The first-order chi connectivity index (χ1) is 13.9. The lowest BCUT2D eigenvalue weighted by atomic mass is 10.0. The molecule has 2 aromatic carbocycles. The third-order valence-corrected chi connectivity index (χ3v) is 4.77. The summed E-state index contributed by atoms with van der Waals surface area (Å²) in [6, 6.07) is 14.2. The number of aryl methyl sites for hydroxylation is 2. The predicted molar refractivity (Wildman–Crippen MR) is 109 cm³/mol. The number of carbonyl (C=O) groups excluding carboxylic acids is 2. The molecule has 150 valence electrons. The van der Waals surface area contributed by atoms with Crippen LogP contribution in [0, 0.1) is 6.92 Å². The Morgan fingerprint density at radius 2 is 1.76 bits per heavy atom. The van der Waals surface area contributed by atoms with Crippen molar-refractivity contribution in [3.8, 4) is 0 Å². The summed E-state index contributed by atoms with van der Waals surface area (Å²) < 4.78 is 6.00. The molecule has 0 aliphatic heterocycles. The molecule has 0 spiro atoms. The number of esters is 1. The number of hydrogen-bond donors (Lipinski definition) is 1. The molecular weight excluding hydrogens is 370 g/mol. The molecule has 3 aromatic rings. The molecule has 1 N–H and O–H groups in total. The molecule has 1 atom stereocenters. The molecule has 1 heterocycles. The minimum atomic E-state index is -0.519. The van der Waals surface area contributed by atoms with Gasteiger partial charge in [0.05, 0.1) is 37.1 Å². The molecule has 1 amide bonds. The molecule has 7 heteroatoms. The van der Waals surface area contributed by atoms with Gasteiger partial charge in [0.1, 0.15) is 0 Å². The van der Waals surface area contributed by atoms with Gasteiger partial charge in [-0.15, -0.1) is 0 Å². The Kier molecular flexibility index (Phi) is 6.07. The van der Waals surface area contributed by atoms with Crippen molar-refractivity contribution in [2.75, 3.05) is 7.11 Å². The van der Waals surface area contributed by atoms with Crippen LogP contribution in [-0.4, -0.2) is 28.8 Å². The minimum absolute atomic E-state index is 0.0157. The number of amides is 1. The zero-order chi connectivity index (χ0) is 21.0. The summed E-state index contributed by atoms with van der Waals surface area (Å²) in [6.07, 6.45) is 0.00488. The van der Waals surface area contributed by atoms with E-state index in [1.807, 2.05) is 31.2 Å². The van der Waals surface area contributed by atoms with Crippen LogP contribution in [0.3, 0.4) is 0 Å². The van der Waals surface area contributed by atoms with Crippen molar-refractivity contribution >= 4 is 22.6 Å². The van der Waals surface area contributed by atoms with Crippen molar-refractivity contribution in [1.29, 1.82) is 0 Å². The van der Waals surface area contributed by atoms with Crippen molar-refractivity contribution in [3.63, 3.8) is 0 Å². The summed E-state index contributed by atoms with van der Waals surface area (Å²) in [4.78, 5) is 36.9. The van der Waals surface area contributed by atoms with Crippen LogP contribution in [0.2, 0.25) is 0 Å². The first kappa shape index (κ1) is 20.3. The lowest BCUT2D eigenvalue weighted by molar-refractivity contribution is -0.141. The van der Waals surface area contributed by atoms with E-state index in [4.69, 9.17) is 4.74 Å². The largest absolute Gasteiger partial charge is 0.469 e. The maximum Gasteiger partial charge on any atom is 0.307 e. The highest BCUT2D eigenvalue weighted by molar-refractivity contribution is 5.88. The van der Waals surface area contributed by atoms with Crippen LogP contribution < -0.4 is 10.9 Å². The fourth-order valence-corrected chi connectivity index (χ4v) is 3.20. The van der Waals surface area contributed by atoms with Gasteiger partial charge in [0.15, 0.2) is 0 Å². The number of carbonyl (C=O) groups is 2. The Labute approximate surface area is 168 Å². The quantitative estimate of drug-likeness (QED) is 0.649. The molecule has 0 saturated carbocycles. The Morgan fingerprint density at radius 1 is 1.10 bits per heavy atom. The summed E-state index contributed by atoms with van der Waals surface area (Å²) >= 11 is 0. The van der Waals surface area contributed by atoms with Crippen molar-refractivity contribution < 1.29 is 14.3 Å². The summed E-state index contributed by atoms with van der Waals surface area (Å²) in [5.74, 6) is -0.711. The summed E-state index contributed by atoms with van der Waals surface area (Å²) in [6.45, 7) is 1.97. The fourth-order valence-electron chi connectivity index (χ4n) is 3.20. The van der Waals surface area contributed by atoms with Crippen molar-refractivity contribution in [3.05, 3.63) is 75.7 Å². The number of fused-ring (bicyclic) bond motifs is 1. The standard InChI is InChI=1S/C22H23N3O4/c1-14-8-10-15(11-9-14)18(13-21(27)29-3)23-20(26)12-19-16-6-4-5-7-17(16)22(28)25(2)24-19/h4-11,18H,12-13H2,1-3H3,(H,23,26). The molecule has 29 heavy (non-hydrogen) atoms. The number of hydrogen-bond acceptors (Lipinski definition) is 5. The van der Waals surface area contributed by atoms with Crippen LogP contribution >= 0.6 is 0 Å². The molecule has 0 radical (unpaired) electrons. The van der Waals surface area contributed by atoms with Gasteiger partial charge in [0.2, 0.25) is 5.91 Å². The van der Waals surface area contributed by atoms with Crippen LogP contribution in [-0.2, 0) is 27.8 Å². The monoisotopic (exact) mass is 393 g/mol. The van der Waals surface area contributed by atoms with E-state index >= 15 is 0 Å². The predicted octanol–water partition coefficient (Wildman–Crippen LogP) is 2.21. The van der Waals surface area contributed by atoms with Crippen LogP contribution in [0.4, 0.5) is 0 Å². The van der Waals surface area contributed by atoms with Crippen molar-refractivity contribution in [2.24, 2.45) is 7.05 Å².